The summed E-state index contributed by atoms with van der Waals surface area (Å²) in [4.78, 5) is 13.5. The second-order valence-electron chi connectivity index (χ2n) is 3.92. The molecule has 0 spiro atoms. The average molecular weight is 237 g/mol. The number of H-pyrrole nitrogens is 1. The molecular formula is C11H15N3O3. The summed E-state index contributed by atoms with van der Waals surface area (Å²) in [5.74, 6) is -0.451. The first-order valence-electron chi connectivity index (χ1n) is 5.38. The van der Waals surface area contributed by atoms with Crippen LogP contribution in [0.25, 0.3) is 11.1 Å². The molecule has 1 unspecified atom stereocenters. The van der Waals surface area contributed by atoms with Crippen LogP contribution in [0.1, 0.15) is 5.56 Å². The van der Waals surface area contributed by atoms with E-state index in [0.29, 0.717) is 24.2 Å². The molecule has 2 aromatic rings. The number of aromatic nitrogens is 1. The minimum absolute atomic E-state index is 0.0429. The molecule has 6 heteroatoms. The number of rotatable bonds is 5. The highest BCUT2D eigenvalue weighted by Gasteiger charge is 2.03. The maximum Gasteiger partial charge on any atom is 0.417 e. The molecule has 0 saturated carbocycles. The Morgan fingerprint density at radius 3 is 3.12 bits per heavy atom. The maximum absolute atomic E-state index is 11.0. The smallest absolute Gasteiger partial charge is 0.408 e. The number of aliphatic hydroxyl groups is 1. The van der Waals surface area contributed by atoms with Crippen LogP contribution in [0.2, 0.25) is 0 Å². The van der Waals surface area contributed by atoms with Crippen molar-refractivity contribution in [3.63, 3.8) is 0 Å². The molecule has 17 heavy (non-hydrogen) atoms. The number of hydrogen-bond acceptors (Lipinski definition) is 5. The van der Waals surface area contributed by atoms with Crippen LogP contribution < -0.4 is 16.8 Å². The van der Waals surface area contributed by atoms with Crippen molar-refractivity contribution >= 4 is 11.1 Å². The molecule has 0 aliphatic carbocycles. The number of benzene rings is 1. The summed E-state index contributed by atoms with van der Waals surface area (Å²) < 4.78 is 4.95. The highest BCUT2D eigenvalue weighted by atomic mass is 16.4. The van der Waals surface area contributed by atoms with Crippen LogP contribution in [0.4, 0.5) is 0 Å². The third-order valence-electron chi connectivity index (χ3n) is 2.46. The molecule has 0 bridgehead atoms. The van der Waals surface area contributed by atoms with Gasteiger partial charge < -0.3 is 20.6 Å². The highest BCUT2D eigenvalue weighted by molar-refractivity contribution is 5.72. The Morgan fingerprint density at radius 1 is 1.53 bits per heavy atom. The molecule has 0 aliphatic rings. The van der Waals surface area contributed by atoms with Crippen LogP contribution in [0.15, 0.2) is 27.4 Å². The predicted molar refractivity (Wildman–Crippen MR) is 63.6 cm³/mol. The van der Waals surface area contributed by atoms with Crippen molar-refractivity contribution in [2.24, 2.45) is 5.73 Å². The van der Waals surface area contributed by atoms with Gasteiger partial charge in [-0.2, -0.15) is 0 Å². The second-order valence-corrected chi connectivity index (χ2v) is 3.92. The van der Waals surface area contributed by atoms with Crippen molar-refractivity contribution in [3.05, 3.63) is 34.3 Å². The third kappa shape index (κ3) is 2.94. The number of aromatic amines is 1. The summed E-state index contributed by atoms with van der Waals surface area (Å²) in [6, 6.07) is 5.23. The standard InChI is InChI=1S/C11H15N3O3/c12-8(6-15)5-13-4-7-1-2-9-10(3-7)17-11(16)14-9/h1-3,8,13,15H,4-6,12H2,(H,14,16). The van der Waals surface area contributed by atoms with Crippen LogP contribution >= 0.6 is 0 Å². The zero-order valence-corrected chi connectivity index (χ0v) is 9.27. The molecule has 0 aliphatic heterocycles. The van der Waals surface area contributed by atoms with Gasteiger partial charge in [0, 0.05) is 19.1 Å². The van der Waals surface area contributed by atoms with Gasteiger partial charge in [-0.15, -0.1) is 0 Å². The van der Waals surface area contributed by atoms with E-state index in [-0.39, 0.29) is 12.6 Å². The Labute approximate surface area is 97.4 Å². The number of hydrogen-bond donors (Lipinski definition) is 4. The molecule has 92 valence electrons. The Morgan fingerprint density at radius 2 is 2.35 bits per heavy atom. The summed E-state index contributed by atoms with van der Waals surface area (Å²) in [5.41, 5.74) is 7.77. The molecule has 0 radical (unpaired) electrons. The zero-order chi connectivity index (χ0) is 12.3. The van der Waals surface area contributed by atoms with E-state index in [2.05, 4.69) is 10.3 Å². The lowest BCUT2D eigenvalue weighted by atomic mass is 10.2. The van der Waals surface area contributed by atoms with E-state index < -0.39 is 5.76 Å². The molecule has 0 amide bonds. The largest absolute Gasteiger partial charge is 0.417 e. The second kappa shape index (κ2) is 5.13. The number of aliphatic hydroxyl groups excluding tert-OH is 1. The van der Waals surface area contributed by atoms with E-state index in [0.717, 1.165) is 5.56 Å². The fraction of sp³-hybridized carbons (Fsp3) is 0.364. The maximum atomic E-state index is 11.0. The summed E-state index contributed by atoms with van der Waals surface area (Å²) in [7, 11) is 0. The average Bonchev–Trinajstić information content (AvgIpc) is 2.68. The van der Waals surface area contributed by atoms with Crippen molar-refractivity contribution in [3.8, 4) is 0 Å². The first-order chi connectivity index (χ1) is 8.19. The van der Waals surface area contributed by atoms with Gasteiger partial charge in [-0.1, -0.05) is 6.07 Å². The van der Waals surface area contributed by atoms with Gasteiger partial charge in [0.05, 0.1) is 12.1 Å². The van der Waals surface area contributed by atoms with Crippen LogP contribution in [-0.4, -0.2) is 29.3 Å². The first-order valence-corrected chi connectivity index (χ1v) is 5.38. The fourth-order valence-corrected chi connectivity index (χ4v) is 1.57. The normalized spacial score (nSPS) is 13.1. The van der Waals surface area contributed by atoms with Gasteiger partial charge in [-0.05, 0) is 17.7 Å². The first kappa shape index (κ1) is 11.8. The van der Waals surface area contributed by atoms with Gasteiger partial charge in [0.25, 0.3) is 0 Å². The Hall–Kier alpha value is -1.63. The molecule has 6 nitrogen and oxygen atoms in total. The number of nitrogens with one attached hydrogen (secondary N) is 2. The van der Waals surface area contributed by atoms with Crippen LogP contribution in [0, 0.1) is 0 Å². The van der Waals surface area contributed by atoms with E-state index in [1.54, 1.807) is 12.1 Å². The molecular weight excluding hydrogens is 222 g/mol. The Bertz CT molecular complexity index is 546. The van der Waals surface area contributed by atoms with Gasteiger partial charge in [-0.25, -0.2) is 4.79 Å². The van der Waals surface area contributed by atoms with Crippen molar-refractivity contribution in [2.45, 2.75) is 12.6 Å². The van der Waals surface area contributed by atoms with Gasteiger partial charge in [0.1, 0.15) is 0 Å². The molecule has 0 saturated heterocycles. The lowest BCUT2D eigenvalue weighted by Gasteiger charge is -2.09. The van der Waals surface area contributed by atoms with E-state index >= 15 is 0 Å². The Balaban J connectivity index is 2.01. The minimum Gasteiger partial charge on any atom is -0.408 e. The SMILES string of the molecule is NC(CO)CNCc1ccc2[nH]c(=O)oc2c1. The number of oxazole rings is 1. The van der Waals surface area contributed by atoms with Crippen molar-refractivity contribution in [1.82, 2.24) is 10.3 Å². The lowest BCUT2D eigenvalue weighted by Crippen LogP contribution is -2.36. The summed E-state index contributed by atoms with van der Waals surface area (Å²) in [6.45, 7) is 1.10. The number of nitrogens with two attached hydrogens (primary N) is 1. The topological polar surface area (TPSA) is 104 Å². The van der Waals surface area contributed by atoms with E-state index in [9.17, 15) is 4.79 Å². The molecule has 1 aromatic heterocycles. The van der Waals surface area contributed by atoms with Crippen LogP contribution in [0.5, 0.6) is 0 Å². The quantitative estimate of drug-likeness (QED) is 0.563. The lowest BCUT2D eigenvalue weighted by molar-refractivity contribution is 0.262. The monoisotopic (exact) mass is 237 g/mol. The zero-order valence-electron chi connectivity index (χ0n) is 9.27. The Kier molecular flexibility index (Phi) is 3.58. The molecule has 0 fully saturated rings. The minimum atomic E-state index is -0.451. The van der Waals surface area contributed by atoms with Crippen molar-refractivity contribution in [2.75, 3.05) is 13.2 Å². The van der Waals surface area contributed by atoms with Gasteiger partial charge >= 0.3 is 5.76 Å². The molecule has 1 aromatic carbocycles. The predicted octanol–water partition coefficient (Wildman–Crippen LogP) is -0.470. The van der Waals surface area contributed by atoms with Gasteiger partial charge in [0.15, 0.2) is 5.58 Å². The molecule has 1 heterocycles. The van der Waals surface area contributed by atoms with E-state index in [4.69, 9.17) is 15.3 Å². The number of fused-ring (bicyclic) bond motifs is 1. The molecule has 1 atom stereocenters. The van der Waals surface area contributed by atoms with Crippen LogP contribution in [-0.2, 0) is 6.54 Å². The highest BCUT2D eigenvalue weighted by Crippen LogP contribution is 2.11. The van der Waals surface area contributed by atoms with Gasteiger partial charge in [-0.3, -0.25) is 4.98 Å². The van der Waals surface area contributed by atoms with E-state index in [1.807, 2.05) is 6.07 Å². The van der Waals surface area contributed by atoms with Crippen molar-refractivity contribution in [1.29, 1.82) is 0 Å². The van der Waals surface area contributed by atoms with Crippen molar-refractivity contribution < 1.29 is 9.52 Å². The van der Waals surface area contributed by atoms with Crippen LogP contribution in [0.3, 0.4) is 0 Å². The fourth-order valence-electron chi connectivity index (χ4n) is 1.57. The third-order valence-corrected chi connectivity index (χ3v) is 2.46. The summed E-state index contributed by atoms with van der Waals surface area (Å²) in [6.07, 6.45) is 0. The molecule has 5 N–H and O–H groups in total. The summed E-state index contributed by atoms with van der Waals surface area (Å²) >= 11 is 0. The summed E-state index contributed by atoms with van der Waals surface area (Å²) in [5, 5.41) is 11.9. The van der Waals surface area contributed by atoms with Gasteiger partial charge in [0.2, 0.25) is 0 Å². The van der Waals surface area contributed by atoms with E-state index in [1.165, 1.54) is 0 Å². The molecule has 2 rings (SSSR count).